The smallest absolute Gasteiger partial charge is 0.381 e. The van der Waals surface area contributed by atoms with Gasteiger partial charge in [0.1, 0.15) is 5.82 Å². The number of nitrogens with one attached hydrogen (secondary N) is 1. The molecule has 2 aromatic heterocycles. The van der Waals surface area contributed by atoms with Gasteiger partial charge in [-0.1, -0.05) is 0 Å². The molecule has 0 saturated carbocycles. The SMILES string of the molecule is O=C(CC1(n2cccc2)CCOCC1)Nc1ccc(C(F)(F)F)cn1. The van der Waals surface area contributed by atoms with Gasteiger partial charge in [-0.3, -0.25) is 4.79 Å². The predicted molar refractivity (Wildman–Crippen MR) is 84.9 cm³/mol. The second-order valence-corrected chi connectivity index (χ2v) is 6.08. The fourth-order valence-corrected chi connectivity index (χ4v) is 3.05. The summed E-state index contributed by atoms with van der Waals surface area (Å²) < 4.78 is 45.1. The number of hydrogen-bond donors (Lipinski definition) is 1. The Morgan fingerprint density at radius 2 is 1.92 bits per heavy atom. The van der Waals surface area contributed by atoms with E-state index < -0.39 is 17.3 Å². The molecule has 1 aliphatic rings. The molecule has 0 atom stereocenters. The standard InChI is InChI=1S/C17H18F3N3O2/c18-17(19,20)13-3-4-14(21-12-13)22-15(24)11-16(5-9-25-10-6-16)23-7-1-2-8-23/h1-4,7-8,12H,5-6,9-11H2,(H,21,22,24). The summed E-state index contributed by atoms with van der Waals surface area (Å²) >= 11 is 0. The number of pyridine rings is 1. The van der Waals surface area contributed by atoms with Crippen molar-refractivity contribution in [1.82, 2.24) is 9.55 Å². The van der Waals surface area contributed by atoms with Gasteiger partial charge in [0, 0.05) is 31.8 Å². The first-order valence-corrected chi connectivity index (χ1v) is 7.93. The van der Waals surface area contributed by atoms with Gasteiger partial charge in [-0.05, 0) is 37.1 Å². The van der Waals surface area contributed by atoms with Crippen molar-refractivity contribution in [2.75, 3.05) is 18.5 Å². The molecule has 0 radical (unpaired) electrons. The second kappa shape index (κ2) is 6.87. The van der Waals surface area contributed by atoms with Gasteiger partial charge in [0.15, 0.2) is 0 Å². The van der Waals surface area contributed by atoms with E-state index in [0.717, 1.165) is 12.1 Å². The lowest BCUT2D eigenvalue weighted by molar-refractivity contribution is -0.137. The summed E-state index contributed by atoms with van der Waals surface area (Å²) in [6, 6.07) is 5.85. The van der Waals surface area contributed by atoms with Crippen LogP contribution in [0.15, 0.2) is 42.9 Å². The largest absolute Gasteiger partial charge is 0.417 e. The molecule has 2 aromatic rings. The molecule has 1 fully saturated rings. The number of hydrogen-bond acceptors (Lipinski definition) is 3. The minimum Gasteiger partial charge on any atom is -0.381 e. The summed E-state index contributed by atoms with van der Waals surface area (Å²) in [5, 5.41) is 2.58. The number of rotatable bonds is 4. The van der Waals surface area contributed by atoms with Crippen molar-refractivity contribution in [2.24, 2.45) is 0 Å². The van der Waals surface area contributed by atoms with Gasteiger partial charge in [-0.25, -0.2) is 4.98 Å². The van der Waals surface area contributed by atoms with Crippen LogP contribution in [-0.4, -0.2) is 28.7 Å². The van der Waals surface area contributed by atoms with Crippen LogP contribution in [-0.2, 0) is 21.2 Å². The molecule has 0 aliphatic carbocycles. The lowest BCUT2D eigenvalue weighted by atomic mass is 9.86. The molecule has 25 heavy (non-hydrogen) atoms. The van der Waals surface area contributed by atoms with Crippen molar-refractivity contribution >= 4 is 11.7 Å². The zero-order valence-electron chi connectivity index (χ0n) is 13.4. The molecule has 1 saturated heterocycles. The van der Waals surface area contributed by atoms with Crippen LogP contribution in [0.5, 0.6) is 0 Å². The number of alkyl halides is 3. The molecule has 0 bridgehead atoms. The third kappa shape index (κ3) is 4.01. The summed E-state index contributed by atoms with van der Waals surface area (Å²) in [4.78, 5) is 16.1. The van der Waals surface area contributed by atoms with Gasteiger partial charge in [0.2, 0.25) is 5.91 Å². The number of carbonyl (C=O) groups excluding carboxylic acids is 1. The van der Waals surface area contributed by atoms with E-state index in [2.05, 4.69) is 10.3 Å². The van der Waals surface area contributed by atoms with Crippen molar-refractivity contribution < 1.29 is 22.7 Å². The Hall–Kier alpha value is -2.35. The molecule has 3 heterocycles. The Morgan fingerprint density at radius 1 is 1.24 bits per heavy atom. The first kappa shape index (κ1) is 17.5. The van der Waals surface area contributed by atoms with Crippen LogP contribution in [0.3, 0.4) is 0 Å². The number of carbonyl (C=O) groups is 1. The fourth-order valence-electron chi connectivity index (χ4n) is 3.05. The highest BCUT2D eigenvalue weighted by molar-refractivity contribution is 5.90. The topological polar surface area (TPSA) is 56.1 Å². The average Bonchev–Trinajstić information content (AvgIpc) is 3.10. The van der Waals surface area contributed by atoms with Crippen molar-refractivity contribution in [3.63, 3.8) is 0 Å². The molecular weight excluding hydrogens is 335 g/mol. The molecule has 3 rings (SSSR count). The van der Waals surface area contributed by atoms with E-state index in [9.17, 15) is 18.0 Å². The van der Waals surface area contributed by atoms with Gasteiger partial charge < -0.3 is 14.6 Å². The number of nitrogens with zero attached hydrogens (tertiary/aromatic N) is 2. The van der Waals surface area contributed by atoms with E-state index in [1.165, 1.54) is 0 Å². The van der Waals surface area contributed by atoms with E-state index in [4.69, 9.17) is 4.74 Å². The van der Waals surface area contributed by atoms with Crippen LogP contribution in [0.4, 0.5) is 19.0 Å². The predicted octanol–water partition coefficient (Wildman–Crippen LogP) is 3.44. The molecular formula is C17H18F3N3O2. The average molecular weight is 353 g/mol. The Labute approximate surface area is 142 Å². The Balaban J connectivity index is 1.70. The molecule has 1 aliphatic heterocycles. The maximum Gasteiger partial charge on any atom is 0.417 e. The zero-order valence-corrected chi connectivity index (χ0v) is 13.4. The molecule has 0 aromatic carbocycles. The van der Waals surface area contributed by atoms with E-state index in [1.807, 2.05) is 29.1 Å². The molecule has 5 nitrogen and oxygen atoms in total. The van der Waals surface area contributed by atoms with Crippen molar-refractivity contribution in [2.45, 2.75) is 31.0 Å². The maximum atomic E-state index is 12.6. The van der Waals surface area contributed by atoms with Crippen LogP contribution in [0.1, 0.15) is 24.8 Å². The lowest BCUT2D eigenvalue weighted by Gasteiger charge is -2.38. The molecule has 8 heteroatoms. The Morgan fingerprint density at radius 3 is 2.48 bits per heavy atom. The summed E-state index contributed by atoms with van der Waals surface area (Å²) in [5.41, 5.74) is -1.24. The minimum absolute atomic E-state index is 0.104. The highest BCUT2D eigenvalue weighted by atomic mass is 19.4. The van der Waals surface area contributed by atoms with E-state index in [1.54, 1.807) is 0 Å². The van der Waals surface area contributed by atoms with Gasteiger partial charge >= 0.3 is 6.18 Å². The van der Waals surface area contributed by atoms with Crippen LogP contribution < -0.4 is 5.32 Å². The maximum absolute atomic E-state index is 12.6. The first-order valence-electron chi connectivity index (χ1n) is 7.93. The first-order chi connectivity index (χ1) is 11.9. The normalized spacial score (nSPS) is 17.2. The van der Waals surface area contributed by atoms with E-state index >= 15 is 0 Å². The van der Waals surface area contributed by atoms with Gasteiger partial charge in [0.25, 0.3) is 0 Å². The van der Waals surface area contributed by atoms with Crippen LogP contribution in [0.25, 0.3) is 0 Å². The molecule has 134 valence electrons. The zero-order chi connectivity index (χ0) is 17.9. The molecule has 1 amide bonds. The number of anilines is 1. The third-order valence-corrected chi connectivity index (χ3v) is 4.42. The molecule has 0 spiro atoms. The van der Waals surface area contributed by atoms with Crippen LogP contribution in [0.2, 0.25) is 0 Å². The van der Waals surface area contributed by atoms with E-state index in [0.29, 0.717) is 32.3 Å². The summed E-state index contributed by atoms with van der Waals surface area (Å²) in [6.45, 7) is 1.12. The lowest BCUT2D eigenvalue weighted by Crippen LogP contribution is -2.42. The van der Waals surface area contributed by atoms with Crippen LogP contribution in [0, 0.1) is 0 Å². The van der Waals surface area contributed by atoms with E-state index in [-0.39, 0.29) is 18.1 Å². The van der Waals surface area contributed by atoms with Gasteiger partial charge in [-0.2, -0.15) is 13.2 Å². The number of amides is 1. The van der Waals surface area contributed by atoms with Gasteiger partial charge in [-0.15, -0.1) is 0 Å². The number of aromatic nitrogens is 2. The summed E-state index contributed by atoms with van der Waals surface area (Å²) in [7, 11) is 0. The summed E-state index contributed by atoms with van der Waals surface area (Å²) in [6.07, 6.45) is 1.67. The van der Waals surface area contributed by atoms with Crippen LogP contribution >= 0.6 is 0 Å². The second-order valence-electron chi connectivity index (χ2n) is 6.08. The fraction of sp³-hybridized carbons (Fsp3) is 0.412. The van der Waals surface area contributed by atoms with Crippen molar-refractivity contribution in [3.05, 3.63) is 48.4 Å². The number of halogens is 3. The quantitative estimate of drug-likeness (QED) is 0.916. The number of ether oxygens (including phenoxy) is 1. The summed E-state index contributed by atoms with van der Waals surface area (Å²) in [5.74, 6) is -0.185. The highest BCUT2D eigenvalue weighted by Crippen LogP contribution is 2.33. The third-order valence-electron chi connectivity index (χ3n) is 4.42. The molecule has 1 N–H and O–H groups in total. The van der Waals surface area contributed by atoms with Crippen molar-refractivity contribution in [1.29, 1.82) is 0 Å². The molecule has 0 unspecified atom stereocenters. The minimum atomic E-state index is -4.45. The highest BCUT2D eigenvalue weighted by Gasteiger charge is 2.36. The van der Waals surface area contributed by atoms with Crippen molar-refractivity contribution in [3.8, 4) is 0 Å². The Kier molecular flexibility index (Phi) is 4.80. The monoisotopic (exact) mass is 353 g/mol. The van der Waals surface area contributed by atoms with Gasteiger partial charge in [0.05, 0.1) is 17.5 Å². The Bertz CT molecular complexity index is 706.